The van der Waals surface area contributed by atoms with Gasteiger partial charge in [-0.05, 0) is 11.1 Å². The number of aliphatic hydroxyl groups excluding tert-OH is 2. The molecule has 1 saturated heterocycles. The van der Waals surface area contributed by atoms with Gasteiger partial charge in [0.25, 0.3) is 0 Å². The van der Waals surface area contributed by atoms with Gasteiger partial charge in [-0.1, -0.05) is 60.7 Å². The summed E-state index contributed by atoms with van der Waals surface area (Å²) in [6, 6.07) is 19.2. The second kappa shape index (κ2) is 7.89. The molecule has 0 amide bonds. The summed E-state index contributed by atoms with van der Waals surface area (Å²) in [7, 11) is 0. The van der Waals surface area contributed by atoms with E-state index in [1.54, 1.807) is 0 Å². The molecule has 0 saturated carbocycles. The van der Waals surface area contributed by atoms with E-state index in [1.807, 2.05) is 60.7 Å². The van der Waals surface area contributed by atoms with Crippen LogP contribution in [0.2, 0.25) is 0 Å². The summed E-state index contributed by atoms with van der Waals surface area (Å²) in [4.78, 5) is 0. The molecule has 0 aliphatic carbocycles. The Morgan fingerprint density at radius 3 is 1.88 bits per heavy atom. The first-order chi connectivity index (χ1) is 12.0. The van der Waals surface area contributed by atoms with Crippen LogP contribution in [0.1, 0.15) is 17.5 Å². The molecule has 25 heavy (non-hydrogen) atoms. The van der Waals surface area contributed by atoms with E-state index in [-0.39, 0.29) is 6.42 Å². The number of aliphatic hydroxyl groups is 3. The van der Waals surface area contributed by atoms with Gasteiger partial charge in [0.2, 0.25) is 0 Å². The summed E-state index contributed by atoms with van der Waals surface area (Å²) in [5.41, 5.74) is -0.0219. The molecule has 1 fully saturated rings. The van der Waals surface area contributed by atoms with Gasteiger partial charge in [-0.15, -0.1) is 12.6 Å². The van der Waals surface area contributed by atoms with Crippen molar-refractivity contribution in [3.05, 3.63) is 71.8 Å². The quantitative estimate of drug-likeness (QED) is 0.616. The van der Waals surface area contributed by atoms with Crippen molar-refractivity contribution in [1.82, 2.24) is 0 Å². The van der Waals surface area contributed by atoms with E-state index in [4.69, 9.17) is 4.74 Å². The summed E-state index contributed by atoms with van der Waals surface area (Å²) in [6.07, 6.45) is -2.23. The fourth-order valence-corrected chi connectivity index (χ4v) is 3.81. The lowest BCUT2D eigenvalue weighted by atomic mass is 9.79. The highest BCUT2D eigenvalue weighted by Gasteiger charge is 2.48. The Kier molecular flexibility index (Phi) is 5.81. The number of rotatable bonds is 5. The number of hydrogen-bond donors (Lipinski definition) is 4. The first kappa shape index (κ1) is 18.4. The topological polar surface area (TPSA) is 69.9 Å². The molecule has 1 heterocycles. The SMILES string of the molecule is O[C@H]1[C@H](O)C[C@H](S)O[C@@H]1C(O)(Cc1ccccc1)Cc1ccccc1. The van der Waals surface area contributed by atoms with Crippen LogP contribution < -0.4 is 0 Å². The predicted octanol–water partition coefficient (Wildman–Crippen LogP) is 1.97. The Bertz CT molecular complexity index is 622. The average molecular weight is 360 g/mol. The first-order valence-electron chi connectivity index (χ1n) is 8.48. The van der Waals surface area contributed by atoms with Crippen molar-refractivity contribution in [1.29, 1.82) is 0 Å². The molecule has 2 aromatic rings. The molecule has 134 valence electrons. The summed E-state index contributed by atoms with van der Waals surface area (Å²) >= 11 is 4.30. The van der Waals surface area contributed by atoms with E-state index in [0.29, 0.717) is 12.8 Å². The zero-order chi connectivity index (χ0) is 17.9. The van der Waals surface area contributed by atoms with Gasteiger partial charge in [0, 0.05) is 19.3 Å². The minimum absolute atomic E-state index is 0.230. The lowest BCUT2D eigenvalue weighted by molar-refractivity contribution is -0.212. The van der Waals surface area contributed by atoms with Crippen LogP contribution in [0, 0.1) is 0 Å². The maximum Gasteiger partial charge on any atom is 0.117 e. The van der Waals surface area contributed by atoms with Crippen molar-refractivity contribution in [2.75, 3.05) is 0 Å². The van der Waals surface area contributed by atoms with Crippen molar-refractivity contribution in [3.8, 4) is 0 Å². The molecule has 0 spiro atoms. The zero-order valence-corrected chi connectivity index (χ0v) is 14.8. The predicted molar refractivity (Wildman–Crippen MR) is 99.5 cm³/mol. The van der Waals surface area contributed by atoms with E-state index < -0.39 is 29.3 Å². The standard InChI is InChI=1S/C20H24O4S/c21-16-11-17(25)24-19(18(16)22)20(23,12-14-7-3-1-4-8-14)13-15-9-5-2-6-10-15/h1-10,16-19,21-23,25H,11-13H2/t16-,17+,18+,19+/m1/s1. The summed E-state index contributed by atoms with van der Waals surface area (Å²) in [5.74, 6) is 0. The number of thiol groups is 1. The molecule has 2 aromatic carbocycles. The maximum atomic E-state index is 11.5. The molecular weight excluding hydrogens is 336 g/mol. The number of ether oxygens (including phenoxy) is 1. The summed E-state index contributed by atoms with van der Waals surface area (Å²) in [5, 5.41) is 32.1. The van der Waals surface area contributed by atoms with Gasteiger partial charge in [0.1, 0.15) is 23.2 Å². The van der Waals surface area contributed by atoms with Gasteiger partial charge in [-0.25, -0.2) is 0 Å². The highest BCUT2D eigenvalue weighted by Crippen LogP contribution is 2.34. The fourth-order valence-electron chi connectivity index (χ4n) is 3.46. The Morgan fingerprint density at radius 2 is 1.40 bits per heavy atom. The third-order valence-corrected chi connectivity index (χ3v) is 5.02. The monoisotopic (exact) mass is 360 g/mol. The molecule has 3 N–H and O–H groups in total. The van der Waals surface area contributed by atoms with Crippen molar-refractivity contribution in [3.63, 3.8) is 0 Å². The molecule has 0 radical (unpaired) electrons. The maximum absolute atomic E-state index is 11.5. The van der Waals surface area contributed by atoms with Crippen molar-refractivity contribution >= 4 is 12.6 Å². The van der Waals surface area contributed by atoms with Crippen molar-refractivity contribution in [2.24, 2.45) is 0 Å². The molecule has 5 heteroatoms. The van der Waals surface area contributed by atoms with Gasteiger partial charge >= 0.3 is 0 Å². The van der Waals surface area contributed by atoms with Crippen LogP contribution in [-0.4, -0.2) is 44.7 Å². The zero-order valence-electron chi connectivity index (χ0n) is 13.9. The molecule has 4 atom stereocenters. The molecule has 0 bridgehead atoms. The minimum Gasteiger partial charge on any atom is -0.390 e. The van der Waals surface area contributed by atoms with Crippen LogP contribution in [0.4, 0.5) is 0 Å². The summed E-state index contributed by atoms with van der Waals surface area (Å²) in [6.45, 7) is 0. The Hall–Kier alpha value is -1.37. The lowest BCUT2D eigenvalue weighted by Crippen LogP contribution is -2.60. The molecule has 3 rings (SSSR count). The second-order valence-electron chi connectivity index (χ2n) is 6.73. The van der Waals surface area contributed by atoms with E-state index in [2.05, 4.69) is 12.6 Å². The van der Waals surface area contributed by atoms with Crippen LogP contribution in [0.5, 0.6) is 0 Å². The van der Waals surface area contributed by atoms with Gasteiger partial charge in [-0.3, -0.25) is 0 Å². The number of benzene rings is 2. The van der Waals surface area contributed by atoms with Crippen molar-refractivity contribution in [2.45, 2.75) is 48.6 Å². The first-order valence-corrected chi connectivity index (χ1v) is 8.99. The Morgan fingerprint density at radius 1 is 0.920 bits per heavy atom. The molecule has 0 unspecified atom stereocenters. The van der Waals surface area contributed by atoms with Crippen molar-refractivity contribution < 1.29 is 20.1 Å². The smallest absolute Gasteiger partial charge is 0.117 e. The molecule has 4 nitrogen and oxygen atoms in total. The number of hydrogen-bond acceptors (Lipinski definition) is 5. The highest BCUT2D eigenvalue weighted by molar-refractivity contribution is 7.80. The van der Waals surface area contributed by atoms with Gasteiger partial charge in [0.15, 0.2) is 0 Å². The second-order valence-corrected chi connectivity index (χ2v) is 7.31. The minimum atomic E-state index is -1.37. The highest BCUT2D eigenvalue weighted by atomic mass is 32.1. The normalized spacial score (nSPS) is 27.2. The largest absolute Gasteiger partial charge is 0.390 e. The van der Waals surface area contributed by atoms with Crippen LogP contribution in [-0.2, 0) is 17.6 Å². The fraction of sp³-hybridized carbons (Fsp3) is 0.400. The van der Waals surface area contributed by atoms with Crippen LogP contribution in [0.15, 0.2) is 60.7 Å². The van der Waals surface area contributed by atoms with E-state index in [9.17, 15) is 15.3 Å². The molecule has 1 aliphatic rings. The Labute approximate surface area is 153 Å². The average Bonchev–Trinajstić information content (AvgIpc) is 2.59. The molecular formula is C20H24O4S. The van der Waals surface area contributed by atoms with E-state index >= 15 is 0 Å². The van der Waals surface area contributed by atoms with Crippen LogP contribution in [0.3, 0.4) is 0 Å². The molecule has 0 aromatic heterocycles. The van der Waals surface area contributed by atoms with Crippen LogP contribution >= 0.6 is 12.6 Å². The molecule has 1 aliphatic heterocycles. The van der Waals surface area contributed by atoms with E-state index in [1.165, 1.54) is 0 Å². The van der Waals surface area contributed by atoms with Gasteiger partial charge < -0.3 is 20.1 Å². The van der Waals surface area contributed by atoms with Gasteiger partial charge in [-0.2, -0.15) is 0 Å². The summed E-state index contributed by atoms with van der Waals surface area (Å²) < 4.78 is 5.78. The Balaban J connectivity index is 1.92. The third-order valence-electron chi connectivity index (χ3n) is 4.69. The van der Waals surface area contributed by atoms with Gasteiger partial charge in [0.05, 0.1) is 6.10 Å². The third kappa shape index (κ3) is 4.43. The lowest BCUT2D eigenvalue weighted by Gasteiger charge is -2.44. The van der Waals surface area contributed by atoms with Crippen LogP contribution in [0.25, 0.3) is 0 Å². The van der Waals surface area contributed by atoms with E-state index in [0.717, 1.165) is 11.1 Å².